The molecule has 0 spiro atoms. The average Bonchev–Trinajstić information content (AvgIpc) is 2.36. The van der Waals surface area contributed by atoms with E-state index in [1.54, 1.807) is 0 Å². The van der Waals surface area contributed by atoms with E-state index in [1.165, 1.54) is 13.4 Å². The predicted octanol–water partition coefficient (Wildman–Crippen LogP) is 2.77. The largest absolute Gasteiger partial charge is 0.479 e. The number of hydrogen-bond acceptors (Lipinski definition) is 5. The SMILES string of the molecule is COc1ncnc(Nc2ccc(C)c(Cl)c2)c1N. The maximum absolute atomic E-state index is 6.05. The maximum atomic E-state index is 6.05. The van der Waals surface area contributed by atoms with Crippen molar-refractivity contribution in [3.05, 3.63) is 35.1 Å². The molecule has 0 saturated heterocycles. The summed E-state index contributed by atoms with van der Waals surface area (Å²) < 4.78 is 5.02. The first-order valence-electron chi connectivity index (χ1n) is 5.29. The molecule has 5 nitrogen and oxygen atoms in total. The predicted molar refractivity (Wildman–Crippen MR) is 72.5 cm³/mol. The third kappa shape index (κ3) is 2.46. The molecule has 0 aliphatic carbocycles. The van der Waals surface area contributed by atoms with Crippen LogP contribution in [0, 0.1) is 6.92 Å². The lowest BCUT2D eigenvalue weighted by atomic mass is 10.2. The van der Waals surface area contributed by atoms with Crippen molar-refractivity contribution in [1.82, 2.24) is 9.97 Å². The van der Waals surface area contributed by atoms with Crippen LogP contribution in [0.4, 0.5) is 17.2 Å². The molecule has 1 heterocycles. The monoisotopic (exact) mass is 264 g/mol. The highest BCUT2D eigenvalue weighted by atomic mass is 35.5. The molecule has 6 heteroatoms. The summed E-state index contributed by atoms with van der Waals surface area (Å²) in [5, 5.41) is 3.75. The third-order valence-electron chi connectivity index (χ3n) is 2.48. The Morgan fingerprint density at radius 2 is 2.11 bits per heavy atom. The highest BCUT2D eigenvalue weighted by Gasteiger charge is 2.08. The smallest absolute Gasteiger partial charge is 0.242 e. The minimum absolute atomic E-state index is 0.339. The molecule has 0 fully saturated rings. The summed E-state index contributed by atoms with van der Waals surface area (Å²) >= 11 is 6.05. The summed E-state index contributed by atoms with van der Waals surface area (Å²) in [5.41, 5.74) is 8.04. The second-order valence-electron chi connectivity index (χ2n) is 3.73. The van der Waals surface area contributed by atoms with Crippen LogP contribution >= 0.6 is 11.6 Å². The number of nitrogen functional groups attached to an aromatic ring is 1. The number of anilines is 3. The quantitative estimate of drug-likeness (QED) is 0.892. The van der Waals surface area contributed by atoms with Gasteiger partial charge in [-0.25, -0.2) is 4.98 Å². The highest BCUT2D eigenvalue weighted by molar-refractivity contribution is 6.31. The molecule has 0 aliphatic heterocycles. The summed E-state index contributed by atoms with van der Waals surface area (Å²) in [6, 6.07) is 5.62. The second kappa shape index (κ2) is 5.10. The average molecular weight is 265 g/mol. The first kappa shape index (κ1) is 12.4. The van der Waals surface area contributed by atoms with Gasteiger partial charge in [-0.3, -0.25) is 0 Å². The number of nitrogens with two attached hydrogens (primary N) is 1. The Balaban J connectivity index is 2.31. The number of ether oxygens (including phenoxy) is 1. The molecule has 0 saturated carbocycles. The number of benzene rings is 1. The Labute approximate surface area is 110 Å². The number of halogens is 1. The Bertz CT molecular complexity index is 574. The lowest BCUT2D eigenvalue weighted by molar-refractivity contribution is 0.399. The summed E-state index contributed by atoms with van der Waals surface area (Å²) in [6.45, 7) is 1.94. The van der Waals surface area contributed by atoms with Crippen LogP contribution in [0.15, 0.2) is 24.5 Å². The van der Waals surface area contributed by atoms with Crippen molar-refractivity contribution in [1.29, 1.82) is 0 Å². The maximum Gasteiger partial charge on any atom is 0.242 e. The Kier molecular flexibility index (Phi) is 3.53. The fourth-order valence-electron chi connectivity index (χ4n) is 1.45. The number of nitrogens with zero attached hydrogens (tertiary/aromatic N) is 2. The number of aromatic nitrogens is 2. The molecule has 18 heavy (non-hydrogen) atoms. The molecule has 0 aliphatic rings. The zero-order chi connectivity index (χ0) is 13.1. The van der Waals surface area contributed by atoms with Gasteiger partial charge in [0.25, 0.3) is 0 Å². The molecule has 0 radical (unpaired) electrons. The van der Waals surface area contributed by atoms with Gasteiger partial charge in [0.15, 0.2) is 5.82 Å². The van der Waals surface area contributed by atoms with E-state index < -0.39 is 0 Å². The first-order valence-corrected chi connectivity index (χ1v) is 5.67. The van der Waals surface area contributed by atoms with Gasteiger partial charge in [0, 0.05) is 10.7 Å². The van der Waals surface area contributed by atoms with Gasteiger partial charge in [-0.15, -0.1) is 0 Å². The molecule has 3 N–H and O–H groups in total. The Hall–Kier alpha value is -2.01. The summed E-state index contributed by atoms with van der Waals surface area (Å²) in [7, 11) is 1.51. The normalized spacial score (nSPS) is 10.2. The van der Waals surface area contributed by atoms with E-state index in [4.69, 9.17) is 22.1 Å². The third-order valence-corrected chi connectivity index (χ3v) is 2.88. The fraction of sp³-hybridized carbons (Fsp3) is 0.167. The molecule has 0 atom stereocenters. The summed E-state index contributed by atoms with van der Waals surface area (Å²) in [5.74, 6) is 0.826. The van der Waals surface area contributed by atoms with E-state index in [2.05, 4.69) is 15.3 Å². The van der Waals surface area contributed by atoms with Gasteiger partial charge in [0.05, 0.1) is 7.11 Å². The topological polar surface area (TPSA) is 73.1 Å². The van der Waals surface area contributed by atoms with Crippen LogP contribution in [-0.2, 0) is 0 Å². The zero-order valence-corrected chi connectivity index (χ0v) is 10.8. The molecule has 1 aromatic heterocycles. The van der Waals surface area contributed by atoms with Crippen molar-refractivity contribution in [3.63, 3.8) is 0 Å². The molecule has 2 aromatic rings. The minimum atomic E-state index is 0.339. The molecular weight excluding hydrogens is 252 g/mol. The van der Waals surface area contributed by atoms with Gasteiger partial charge in [-0.05, 0) is 24.6 Å². The fourth-order valence-corrected chi connectivity index (χ4v) is 1.63. The Morgan fingerprint density at radius 3 is 2.78 bits per heavy atom. The van der Waals surface area contributed by atoms with Crippen molar-refractivity contribution >= 4 is 28.8 Å². The van der Waals surface area contributed by atoms with E-state index in [0.29, 0.717) is 22.4 Å². The molecule has 2 rings (SSSR count). The molecular formula is C12H13ClN4O. The number of methoxy groups -OCH3 is 1. The van der Waals surface area contributed by atoms with Crippen LogP contribution in [0.1, 0.15) is 5.56 Å². The van der Waals surface area contributed by atoms with Crippen LogP contribution < -0.4 is 15.8 Å². The lowest BCUT2D eigenvalue weighted by Crippen LogP contribution is -2.03. The van der Waals surface area contributed by atoms with Gasteiger partial charge < -0.3 is 15.8 Å². The van der Waals surface area contributed by atoms with Crippen molar-refractivity contribution in [2.75, 3.05) is 18.2 Å². The molecule has 0 bridgehead atoms. The van der Waals surface area contributed by atoms with Crippen LogP contribution in [0.2, 0.25) is 5.02 Å². The Morgan fingerprint density at radius 1 is 1.33 bits per heavy atom. The van der Waals surface area contributed by atoms with Gasteiger partial charge in [0.1, 0.15) is 12.0 Å². The number of hydrogen-bond donors (Lipinski definition) is 2. The number of aryl methyl sites for hydroxylation is 1. The summed E-state index contributed by atoms with van der Waals surface area (Å²) in [6.07, 6.45) is 1.38. The van der Waals surface area contributed by atoms with Crippen LogP contribution in [-0.4, -0.2) is 17.1 Å². The van der Waals surface area contributed by atoms with Crippen molar-refractivity contribution < 1.29 is 4.74 Å². The second-order valence-corrected chi connectivity index (χ2v) is 4.14. The van der Waals surface area contributed by atoms with Gasteiger partial charge in [-0.2, -0.15) is 4.98 Å². The van der Waals surface area contributed by atoms with Crippen molar-refractivity contribution in [2.24, 2.45) is 0 Å². The van der Waals surface area contributed by atoms with Gasteiger partial charge in [0.2, 0.25) is 5.88 Å². The standard InChI is InChI=1S/C12H13ClN4O/c1-7-3-4-8(5-9(7)13)17-11-10(14)12(18-2)16-6-15-11/h3-6H,14H2,1-2H3,(H,15,16,17). The van der Waals surface area contributed by atoms with E-state index in [0.717, 1.165) is 11.3 Å². The molecule has 0 unspecified atom stereocenters. The van der Waals surface area contributed by atoms with Gasteiger partial charge >= 0.3 is 0 Å². The molecule has 94 valence electrons. The van der Waals surface area contributed by atoms with E-state index >= 15 is 0 Å². The van der Waals surface area contributed by atoms with Crippen LogP contribution in [0.5, 0.6) is 5.88 Å². The van der Waals surface area contributed by atoms with Crippen molar-refractivity contribution in [3.8, 4) is 5.88 Å². The van der Waals surface area contributed by atoms with Crippen LogP contribution in [0.25, 0.3) is 0 Å². The van der Waals surface area contributed by atoms with Gasteiger partial charge in [-0.1, -0.05) is 17.7 Å². The highest BCUT2D eigenvalue weighted by Crippen LogP contribution is 2.28. The molecule has 1 aromatic carbocycles. The minimum Gasteiger partial charge on any atom is -0.479 e. The molecule has 0 amide bonds. The van der Waals surface area contributed by atoms with E-state index in [-0.39, 0.29) is 0 Å². The number of rotatable bonds is 3. The zero-order valence-electron chi connectivity index (χ0n) is 10.1. The lowest BCUT2D eigenvalue weighted by Gasteiger charge is -2.10. The van der Waals surface area contributed by atoms with E-state index in [1.807, 2.05) is 25.1 Å². The van der Waals surface area contributed by atoms with Crippen molar-refractivity contribution in [2.45, 2.75) is 6.92 Å². The summed E-state index contributed by atoms with van der Waals surface area (Å²) in [4.78, 5) is 7.97. The van der Waals surface area contributed by atoms with E-state index in [9.17, 15) is 0 Å². The van der Waals surface area contributed by atoms with Crippen LogP contribution in [0.3, 0.4) is 0 Å². The first-order chi connectivity index (χ1) is 8.61. The number of nitrogens with one attached hydrogen (secondary N) is 1.